The number of hydrazine groups is 1. The van der Waals surface area contributed by atoms with Crippen molar-refractivity contribution in [2.75, 3.05) is 0 Å². The minimum atomic E-state index is -4.06. The van der Waals surface area contributed by atoms with Crippen LogP contribution in [0.15, 0.2) is 82.1 Å². The third-order valence-corrected chi connectivity index (χ3v) is 5.48. The molecule has 0 radical (unpaired) electrons. The number of hydrogen-bond acceptors (Lipinski definition) is 4. The summed E-state index contributed by atoms with van der Waals surface area (Å²) in [7, 11) is -4.06. The summed E-state index contributed by atoms with van der Waals surface area (Å²) < 4.78 is 28.5. The van der Waals surface area contributed by atoms with Crippen molar-refractivity contribution < 1.29 is 18.3 Å². The fourth-order valence-corrected chi connectivity index (χ4v) is 3.67. The van der Waals surface area contributed by atoms with Crippen molar-refractivity contribution in [3.8, 4) is 0 Å². The zero-order chi connectivity index (χ0) is 20.9. The Morgan fingerprint density at radius 1 is 1.00 bits per heavy atom. The van der Waals surface area contributed by atoms with Crippen molar-refractivity contribution in [3.05, 3.63) is 78.4 Å². The summed E-state index contributed by atoms with van der Waals surface area (Å²) >= 11 is 0. The van der Waals surface area contributed by atoms with Crippen LogP contribution in [0.2, 0.25) is 0 Å². The Labute approximate surface area is 168 Å². The molecule has 0 aromatic heterocycles. The van der Waals surface area contributed by atoms with Gasteiger partial charge in [-0.2, -0.15) is 8.42 Å². The number of carboxylic acids is 1. The predicted octanol–water partition coefficient (Wildman–Crippen LogP) is 1.63. The highest BCUT2D eigenvalue weighted by Gasteiger charge is 2.19. The van der Waals surface area contributed by atoms with E-state index in [4.69, 9.17) is 5.73 Å². The van der Waals surface area contributed by atoms with Crippen LogP contribution >= 0.6 is 0 Å². The van der Waals surface area contributed by atoms with Crippen molar-refractivity contribution >= 4 is 32.7 Å². The maximum atomic E-state index is 12.5. The summed E-state index contributed by atoms with van der Waals surface area (Å²) in [6.45, 7) is 0. The summed E-state index contributed by atoms with van der Waals surface area (Å²) in [6, 6.07) is 19.9. The Morgan fingerprint density at radius 3 is 2.34 bits per heavy atom. The van der Waals surface area contributed by atoms with Gasteiger partial charge in [0, 0.05) is 6.42 Å². The highest BCUT2D eigenvalue weighted by Crippen LogP contribution is 2.20. The van der Waals surface area contributed by atoms with Crippen LogP contribution in [0.1, 0.15) is 5.56 Å². The summed E-state index contributed by atoms with van der Waals surface area (Å²) in [5.41, 5.74) is 11.3. The van der Waals surface area contributed by atoms with E-state index in [1.54, 1.807) is 42.5 Å². The van der Waals surface area contributed by atoms with E-state index < -0.39 is 28.0 Å². The van der Waals surface area contributed by atoms with E-state index >= 15 is 0 Å². The number of nitrogens with zero attached hydrogens (tertiary/aromatic N) is 1. The lowest BCUT2D eigenvalue weighted by Gasteiger charge is -2.15. The molecule has 5 N–H and O–H groups in total. The molecule has 29 heavy (non-hydrogen) atoms. The Bertz CT molecular complexity index is 1150. The molecular weight excluding hydrogens is 392 g/mol. The maximum absolute atomic E-state index is 12.5. The van der Waals surface area contributed by atoms with Crippen LogP contribution in [0, 0.1) is 0 Å². The molecule has 1 unspecified atom stereocenters. The fraction of sp³-hybridized carbons (Fsp3) is 0.100. The van der Waals surface area contributed by atoms with Crippen molar-refractivity contribution in [3.63, 3.8) is 0 Å². The summed E-state index contributed by atoms with van der Waals surface area (Å²) in [5.74, 6) is -1.58. The lowest BCUT2D eigenvalue weighted by atomic mass is 10.1. The molecular formula is C20H20N4O4S. The number of hydrogen-bond donors (Lipinski definition) is 4. The molecule has 0 heterocycles. The van der Waals surface area contributed by atoms with E-state index in [0.29, 0.717) is 0 Å². The van der Waals surface area contributed by atoms with Crippen molar-refractivity contribution in [2.45, 2.75) is 17.4 Å². The third kappa shape index (κ3) is 5.31. The largest absolute Gasteiger partial charge is 0.480 e. The Hall–Kier alpha value is -3.43. The third-order valence-electron chi connectivity index (χ3n) is 4.19. The number of carboxylic acid groups (broad SMARTS) is 1. The zero-order valence-electron chi connectivity index (χ0n) is 15.3. The molecule has 0 aliphatic rings. The number of aliphatic carboxylic acids is 1. The van der Waals surface area contributed by atoms with Gasteiger partial charge in [-0.3, -0.25) is 10.2 Å². The Morgan fingerprint density at radius 2 is 1.66 bits per heavy atom. The van der Waals surface area contributed by atoms with Crippen LogP contribution in [0.4, 0.5) is 0 Å². The molecule has 9 heteroatoms. The molecule has 8 nitrogen and oxygen atoms in total. The van der Waals surface area contributed by atoms with Crippen molar-refractivity contribution in [1.29, 1.82) is 0 Å². The molecule has 0 spiro atoms. The van der Waals surface area contributed by atoms with E-state index in [-0.39, 0.29) is 11.3 Å². The molecule has 0 amide bonds. The van der Waals surface area contributed by atoms with Gasteiger partial charge in [0.15, 0.2) is 0 Å². The maximum Gasteiger partial charge on any atom is 0.322 e. The first-order chi connectivity index (χ1) is 13.8. The first-order valence-electron chi connectivity index (χ1n) is 8.73. The van der Waals surface area contributed by atoms with Gasteiger partial charge < -0.3 is 10.8 Å². The van der Waals surface area contributed by atoms with Gasteiger partial charge in [-0.05, 0) is 28.5 Å². The Kier molecular flexibility index (Phi) is 6.10. The zero-order valence-corrected chi connectivity index (χ0v) is 16.1. The van der Waals surface area contributed by atoms with Crippen molar-refractivity contribution in [1.82, 2.24) is 10.9 Å². The second-order valence-electron chi connectivity index (χ2n) is 6.31. The highest BCUT2D eigenvalue weighted by atomic mass is 32.2. The fourth-order valence-electron chi connectivity index (χ4n) is 2.74. The molecule has 0 saturated carbocycles. The number of nitrogens with two attached hydrogens (primary N) is 1. The second kappa shape index (κ2) is 8.72. The molecule has 3 aromatic carbocycles. The highest BCUT2D eigenvalue weighted by molar-refractivity contribution is 7.90. The quantitative estimate of drug-likeness (QED) is 0.263. The monoisotopic (exact) mass is 412 g/mol. The first kappa shape index (κ1) is 20.3. The van der Waals surface area contributed by atoms with Gasteiger partial charge in [-0.15, -0.1) is 4.40 Å². The summed E-state index contributed by atoms with van der Waals surface area (Å²) in [5, 5.41) is 11.0. The van der Waals surface area contributed by atoms with Gasteiger partial charge in [0.25, 0.3) is 10.0 Å². The number of guanidine groups is 1. The molecule has 3 aromatic rings. The SMILES string of the molecule is NC(=NS(=O)(=O)c1ccc2ccccc2c1)NNC(Cc1ccccc1)C(=O)O. The number of carbonyl (C=O) groups is 1. The van der Waals surface area contributed by atoms with Gasteiger partial charge in [-0.25, -0.2) is 5.43 Å². The Balaban J connectivity index is 1.72. The van der Waals surface area contributed by atoms with Crippen LogP contribution in [0.3, 0.4) is 0 Å². The van der Waals surface area contributed by atoms with Crippen molar-refractivity contribution in [2.24, 2.45) is 10.1 Å². The molecule has 0 bridgehead atoms. The lowest BCUT2D eigenvalue weighted by Crippen LogP contribution is -2.51. The average molecular weight is 412 g/mol. The predicted molar refractivity (Wildman–Crippen MR) is 111 cm³/mol. The molecule has 0 aliphatic heterocycles. The van der Waals surface area contributed by atoms with E-state index in [9.17, 15) is 18.3 Å². The lowest BCUT2D eigenvalue weighted by molar-refractivity contribution is -0.139. The minimum absolute atomic E-state index is 0.0139. The number of rotatable bonds is 7. The van der Waals surface area contributed by atoms with Crippen LogP contribution in [-0.4, -0.2) is 31.5 Å². The normalized spacial score (nSPS) is 13.2. The number of sulfonamides is 1. The number of fused-ring (bicyclic) bond motifs is 1. The topological polar surface area (TPSA) is 134 Å². The van der Waals surface area contributed by atoms with Gasteiger partial charge in [0.05, 0.1) is 4.90 Å². The molecule has 0 aliphatic carbocycles. The average Bonchev–Trinajstić information content (AvgIpc) is 2.71. The molecule has 0 saturated heterocycles. The van der Waals surface area contributed by atoms with Crippen LogP contribution in [0.5, 0.6) is 0 Å². The van der Waals surface area contributed by atoms with Crippen LogP contribution in [-0.2, 0) is 21.2 Å². The number of nitrogens with one attached hydrogen (secondary N) is 2. The van der Waals surface area contributed by atoms with Gasteiger partial charge >= 0.3 is 5.97 Å². The number of benzene rings is 3. The van der Waals surface area contributed by atoms with Gasteiger partial charge in [-0.1, -0.05) is 60.7 Å². The van der Waals surface area contributed by atoms with E-state index in [1.165, 1.54) is 12.1 Å². The van der Waals surface area contributed by atoms with Crippen LogP contribution in [0.25, 0.3) is 10.8 Å². The smallest absolute Gasteiger partial charge is 0.322 e. The van der Waals surface area contributed by atoms with Gasteiger partial charge in [0.2, 0.25) is 5.96 Å². The van der Waals surface area contributed by atoms with Gasteiger partial charge in [0.1, 0.15) is 6.04 Å². The minimum Gasteiger partial charge on any atom is -0.480 e. The van der Waals surface area contributed by atoms with E-state index in [0.717, 1.165) is 16.3 Å². The van der Waals surface area contributed by atoms with E-state index in [2.05, 4.69) is 15.2 Å². The second-order valence-corrected chi connectivity index (χ2v) is 7.91. The first-order valence-corrected chi connectivity index (χ1v) is 10.2. The summed E-state index contributed by atoms with van der Waals surface area (Å²) in [6.07, 6.45) is 0.174. The molecule has 1 atom stereocenters. The molecule has 3 rings (SSSR count). The van der Waals surface area contributed by atoms with E-state index in [1.807, 2.05) is 18.2 Å². The standard InChI is InChI=1S/C20H20N4O4S/c21-20(23-22-18(19(25)26)12-14-6-2-1-3-7-14)24-29(27,28)17-11-10-15-8-4-5-9-16(15)13-17/h1-11,13,18,22H,12H2,(H,25,26)(H3,21,23,24). The molecule has 0 fully saturated rings. The van der Waals surface area contributed by atoms with Crippen LogP contribution < -0.4 is 16.6 Å². The summed E-state index contributed by atoms with van der Waals surface area (Å²) in [4.78, 5) is 11.4. The molecule has 150 valence electrons.